The summed E-state index contributed by atoms with van der Waals surface area (Å²) in [7, 11) is 0. The molecule has 0 aliphatic heterocycles. The monoisotopic (exact) mass is 147 g/mol. The molecule has 0 bridgehead atoms. The molecule has 0 fully saturated rings. The second kappa shape index (κ2) is 4.06. The zero-order valence-corrected chi connectivity index (χ0v) is 4.80. The summed E-state index contributed by atoms with van der Waals surface area (Å²) in [6.45, 7) is 0. The lowest BCUT2D eigenvalue weighted by Gasteiger charge is -1.74. The molecule has 1 aromatic heterocycles. The molecule has 1 heterocycles. The van der Waals surface area contributed by atoms with Gasteiger partial charge in [-0.15, -0.1) is 0 Å². The van der Waals surface area contributed by atoms with E-state index in [1.807, 2.05) is 0 Å². The molecule has 0 aromatic carbocycles. The van der Waals surface area contributed by atoms with Crippen LogP contribution in [0.5, 0.6) is 0 Å². The molecule has 0 aliphatic rings. The fourth-order valence-electron chi connectivity index (χ4n) is 0.238. The second-order valence-electron chi connectivity index (χ2n) is 1.15. The molecule has 3 N–H and O–H groups in total. The molecule has 0 atom stereocenters. The Labute approximate surface area is 55.0 Å². The van der Waals surface area contributed by atoms with E-state index < -0.39 is 5.09 Å². The van der Waals surface area contributed by atoms with Gasteiger partial charge in [0.25, 0.3) is 0 Å². The lowest BCUT2D eigenvalue weighted by Crippen LogP contribution is -2.45. The van der Waals surface area contributed by atoms with E-state index in [4.69, 9.17) is 21.2 Å². The highest BCUT2D eigenvalue weighted by atomic mass is 16.9. The summed E-state index contributed by atoms with van der Waals surface area (Å²) in [4.78, 5) is 13.1. The van der Waals surface area contributed by atoms with Crippen LogP contribution in [-0.2, 0) is 0 Å². The molecule has 0 saturated carbocycles. The van der Waals surface area contributed by atoms with E-state index in [2.05, 4.69) is 10.1 Å². The molecule has 1 aromatic rings. The Morgan fingerprint density at radius 1 is 1.70 bits per heavy atom. The number of nitrogen functional groups attached to an aromatic ring is 1. The Bertz CT molecular complexity index is 179. The number of hydrogen-bond acceptors (Lipinski definition) is 5. The fourth-order valence-corrected chi connectivity index (χ4v) is 0.238. The van der Waals surface area contributed by atoms with Crippen molar-refractivity contribution in [2.45, 2.75) is 0 Å². The van der Waals surface area contributed by atoms with Crippen molar-refractivity contribution >= 4 is 0 Å². The van der Waals surface area contributed by atoms with Crippen molar-refractivity contribution < 1.29 is 9.88 Å². The van der Waals surface area contributed by atoms with Crippen LogP contribution in [0.1, 0.15) is 0 Å². The zero-order valence-electron chi connectivity index (χ0n) is 4.80. The molecule has 0 aliphatic carbocycles. The maximum atomic E-state index is 8.25. The first-order chi connectivity index (χ1) is 4.63. The average molecular weight is 147 g/mol. The van der Waals surface area contributed by atoms with Gasteiger partial charge in [-0.2, -0.15) is 5.10 Å². The van der Waals surface area contributed by atoms with Gasteiger partial charge in [0.15, 0.2) is 0 Å². The highest BCUT2D eigenvalue weighted by Gasteiger charge is 1.82. The third-order valence-corrected chi connectivity index (χ3v) is 0.472. The van der Waals surface area contributed by atoms with Gasteiger partial charge in [0, 0.05) is 0 Å². The van der Waals surface area contributed by atoms with Gasteiger partial charge in [-0.25, -0.2) is 5.84 Å². The number of nitrogens with zero attached hydrogens (tertiary/aromatic N) is 3. The van der Waals surface area contributed by atoms with E-state index in [1.165, 1.54) is 17.4 Å². The highest BCUT2D eigenvalue weighted by Crippen LogP contribution is 1.48. The Kier molecular flexibility index (Phi) is 3.31. The number of nitrogens with two attached hydrogens (primary N) is 1. The maximum absolute atomic E-state index is 8.25. The van der Waals surface area contributed by atoms with Crippen molar-refractivity contribution in [1.82, 2.24) is 10.1 Å². The SMILES string of the molecule is N[n+]1cnc[nH]1.O=[N+]([O-])[O-]. The minimum Gasteiger partial charge on any atom is -0.356 e. The van der Waals surface area contributed by atoms with Crippen molar-refractivity contribution in [3.05, 3.63) is 28.0 Å². The van der Waals surface area contributed by atoms with Crippen molar-refractivity contribution in [1.29, 1.82) is 0 Å². The Balaban J connectivity index is 0.000000180. The van der Waals surface area contributed by atoms with Crippen molar-refractivity contribution in [3.63, 3.8) is 0 Å². The van der Waals surface area contributed by atoms with Gasteiger partial charge in [-0.05, 0) is 4.98 Å². The third-order valence-electron chi connectivity index (χ3n) is 0.472. The van der Waals surface area contributed by atoms with E-state index in [0.29, 0.717) is 0 Å². The van der Waals surface area contributed by atoms with Gasteiger partial charge in [-0.1, -0.05) is 4.79 Å². The number of hydrogen-bond donors (Lipinski definition) is 2. The van der Waals surface area contributed by atoms with Gasteiger partial charge in [-0.3, -0.25) is 0 Å². The lowest BCUT2D eigenvalue weighted by molar-refractivity contribution is -0.697. The molecule has 56 valence electrons. The molecule has 0 amide bonds. The summed E-state index contributed by atoms with van der Waals surface area (Å²) >= 11 is 0. The van der Waals surface area contributed by atoms with E-state index in [1.54, 1.807) is 0 Å². The lowest BCUT2D eigenvalue weighted by atomic mass is 11.3. The fraction of sp³-hybridized carbons (Fsp3) is 0. The number of rotatable bonds is 0. The summed E-state index contributed by atoms with van der Waals surface area (Å²) in [6.07, 6.45) is 2.97. The van der Waals surface area contributed by atoms with Crippen LogP contribution < -0.4 is 10.6 Å². The number of nitrogens with one attached hydrogen (secondary N) is 1. The molecule has 0 saturated heterocycles. The Morgan fingerprint density at radius 2 is 2.20 bits per heavy atom. The minimum atomic E-state index is -1.75. The normalized spacial score (nSPS) is 7.60. The molecule has 1 rings (SSSR count). The van der Waals surface area contributed by atoms with Gasteiger partial charge in [0.05, 0.1) is 5.09 Å². The summed E-state index contributed by atoms with van der Waals surface area (Å²) in [6, 6.07) is 0. The smallest absolute Gasteiger partial charge is 0.330 e. The van der Waals surface area contributed by atoms with E-state index in [0.717, 1.165) is 0 Å². The molecular weight excluding hydrogens is 142 g/mol. The van der Waals surface area contributed by atoms with Crippen LogP contribution in [0.2, 0.25) is 0 Å². The van der Waals surface area contributed by atoms with Gasteiger partial charge < -0.3 is 15.3 Å². The topological polar surface area (TPSA) is 125 Å². The van der Waals surface area contributed by atoms with Crippen molar-refractivity contribution in [2.75, 3.05) is 5.84 Å². The van der Waals surface area contributed by atoms with Gasteiger partial charge >= 0.3 is 6.33 Å². The summed E-state index contributed by atoms with van der Waals surface area (Å²) in [5.41, 5.74) is 0. The number of aromatic amines is 1. The van der Waals surface area contributed by atoms with Crippen LogP contribution in [0.4, 0.5) is 0 Å². The molecule has 0 spiro atoms. The molecule has 0 radical (unpaired) electrons. The van der Waals surface area contributed by atoms with E-state index in [-0.39, 0.29) is 0 Å². The first kappa shape index (κ1) is 8.14. The highest BCUT2D eigenvalue weighted by molar-refractivity contribution is 4.33. The molecule has 0 unspecified atom stereocenters. The molecule has 10 heavy (non-hydrogen) atoms. The summed E-state index contributed by atoms with van der Waals surface area (Å²) in [5, 5.41) is 17.3. The van der Waals surface area contributed by atoms with Crippen LogP contribution in [0.25, 0.3) is 0 Å². The predicted molar refractivity (Wildman–Crippen MR) is 29.3 cm³/mol. The van der Waals surface area contributed by atoms with Crippen LogP contribution in [0.3, 0.4) is 0 Å². The van der Waals surface area contributed by atoms with Crippen molar-refractivity contribution in [2.24, 2.45) is 0 Å². The number of aromatic nitrogens is 3. The van der Waals surface area contributed by atoms with Crippen LogP contribution in [0, 0.1) is 15.3 Å². The van der Waals surface area contributed by atoms with E-state index >= 15 is 0 Å². The molecule has 8 nitrogen and oxygen atoms in total. The van der Waals surface area contributed by atoms with E-state index in [9.17, 15) is 0 Å². The van der Waals surface area contributed by atoms with Crippen molar-refractivity contribution in [3.8, 4) is 0 Å². The predicted octanol–water partition coefficient (Wildman–Crippen LogP) is -1.83. The Morgan fingerprint density at radius 3 is 2.30 bits per heavy atom. The average Bonchev–Trinajstić information content (AvgIpc) is 2.15. The Hall–Kier alpha value is -1.86. The summed E-state index contributed by atoms with van der Waals surface area (Å²) < 4.78 is 0. The van der Waals surface area contributed by atoms with Gasteiger partial charge in [0.1, 0.15) is 0 Å². The zero-order chi connectivity index (χ0) is 7.98. The maximum Gasteiger partial charge on any atom is 0.330 e. The largest absolute Gasteiger partial charge is 0.356 e. The quantitative estimate of drug-likeness (QED) is 0.193. The van der Waals surface area contributed by atoms with Crippen LogP contribution in [0.15, 0.2) is 12.7 Å². The molecule has 8 heteroatoms. The molecular formula is C2H5N5O3. The third kappa shape index (κ3) is 6.14. The second-order valence-corrected chi connectivity index (χ2v) is 1.15. The standard InChI is InChI=1S/C2H4N4.NO3/c3-6-2-4-1-5-6;2-1(3)4/h1-2H,3H2;/q;-1/p+1. The van der Waals surface area contributed by atoms with Crippen LogP contribution >= 0.6 is 0 Å². The summed E-state index contributed by atoms with van der Waals surface area (Å²) in [5.74, 6) is 5.08. The minimum absolute atomic E-state index is 1.26. The first-order valence-corrected chi connectivity index (χ1v) is 2.09. The van der Waals surface area contributed by atoms with Gasteiger partial charge in [0.2, 0.25) is 6.33 Å². The van der Waals surface area contributed by atoms with Crippen LogP contribution in [-0.4, -0.2) is 15.2 Å². The number of H-pyrrole nitrogens is 1. The first-order valence-electron chi connectivity index (χ1n) is 2.09.